The van der Waals surface area contributed by atoms with Gasteiger partial charge in [-0.05, 0) is 17.7 Å². The van der Waals surface area contributed by atoms with Gasteiger partial charge < -0.3 is 19.5 Å². The molecule has 0 saturated carbocycles. The van der Waals surface area contributed by atoms with Crippen molar-refractivity contribution in [1.82, 2.24) is 9.78 Å². The van der Waals surface area contributed by atoms with E-state index < -0.39 is 0 Å². The maximum absolute atomic E-state index is 12.7. The maximum Gasteiger partial charge on any atom is 0.260 e. The van der Waals surface area contributed by atoms with Crippen LogP contribution in [-0.2, 0) is 6.54 Å². The van der Waals surface area contributed by atoms with Crippen molar-refractivity contribution in [2.24, 2.45) is 0 Å². The average Bonchev–Trinajstić information content (AvgIpc) is 3.13. The predicted octanol–water partition coefficient (Wildman–Crippen LogP) is 3.21. The van der Waals surface area contributed by atoms with Crippen LogP contribution in [0.1, 0.15) is 15.9 Å². The highest BCUT2D eigenvalue weighted by Gasteiger charge is 2.21. The van der Waals surface area contributed by atoms with Gasteiger partial charge >= 0.3 is 0 Å². The van der Waals surface area contributed by atoms with Crippen LogP contribution >= 0.6 is 0 Å². The summed E-state index contributed by atoms with van der Waals surface area (Å²) in [5.41, 5.74) is 1.45. The van der Waals surface area contributed by atoms with Crippen molar-refractivity contribution in [1.29, 1.82) is 0 Å². The van der Waals surface area contributed by atoms with E-state index in [1.807, 2.05) is 36.5 Å². The normalized spacial score (nSPS) is 10.3. The Balaban J connectivity index is 1.78. The quantitative estimate of drug-likeness (QED) is 0.694. The molecule has 0 fully saturated rings. The van der Waals surface area contributed by atoms with E-state index in [2.05, 4.69) is 10.4 Å². The molecule has 7 nitrogen and oxygen atoms in total. The van der Waals surface area contributed by atoms with Gasteiger partial charge in [0.1, 0.15) is 0 Å². The number of ether oxygens (including phenoxy) is 3. The second-order valence-corrected chi connectivity index (χ2v) is 5.72. The van der Waals surface area contributed by atoms with Gasteiger partial charge in [-0.3, -0.25) is 9.48 Å². The lowest BCUT2D eigenvalue weighted by atomic mass is 10.1. The molecule has 0 saturated heterocycles. The molecule has 140 valence electrons. The molecule has 0 aliphatic rings. The van der Waals surface area contributed by atoms with Gasteiger partial charge in [-0.1, -0.05) is 30.3 Å². The van der Waals surface area contributed by atoms with Crippen LogP contribution in [0.15, 0.2) is 54.7 Å². The summed E-state index contributed by atoms with van der Waals surface area (Å²) in [5, 5.41) is 7.17. The van der Waals surface area contributed by atoms with Crippen LogP contribution in [0.2, 0.25) is 0 Å². The Bertz CT molecular complexity index is 922. The standard InChI is InChI=1S/C20H21N3O4/c1-25-16-10-9-15(18(26-2)19(16)27-3)20(24)21-17-11-12-23(22-17)13-14-7-5-4-6-8-14/h4-12H,13H2,1-3H3,(H,21,22,24). The number of nitrogens with one attached hydrogen (secondary N) is 1. The Morgan fingerprint density at radius 1 is 0.963 bits per heavy atom. The molecule has 1 aromatic heterocycles. The summed E-state index contributed by atoms with van der Waals surface area (Å²) in [6.45, 7) is 0.621. The van der Waals surface area contributed by atoms with Crippen molar-refractivity contribution >= 4 is 11.7 Å². The van der Waals surface area contributed by atoms with Crippen molar-refractivity contribution in [3.8, 4) is 17.2 Å². The first-order chi connectivity index (χ1) is 13.2. The molecule has 0 radical (unpaired) electrons. The van der Waals surface area contributed by atoms with Gasteiger partial charge in [0.2, 0.25) is 5.75 Å². The monoisotopic (exact) mass is 367 g/mol. The van der Waals surface area contributed by atoms with Crippen LogP contribution in [0.3, 0.4) is 0 Å². The largest absolute Gasteiger partial charge is 0.493 e. The Kier molecular flexibility index (Phi) is 5.61. The lowest BCUT2D eigenvalue weighted by Crippen LogP contribution is -2.14. The van der Waals surface area contributed by atoms with Gasteiger partial charge in [0.25, 0.3) is 5.91 Å². The Morgan fingerprint density at radius 3 is 2.37 bits per heavy atom. The summed E-state index contributed by atoms with van der Waals surface area (Å²) in [5.74, 6) is 1.25. The van der Waals surface area contributed by atoms with Crippen LogP contribution in [0.25, 0.3) is 0 Å². The molecule has 0 atom stereocenters. The topological polar surface area (TPSA) is 74.6 Å². The molecule has 3 aromatic rings. The minimum Gasteiger partial charge on any atom is -0.493 e. The van der Waals surface area contributed by atoms with Crippen LogP contribution in [0.5, 0.6) is 17.2 Å². The predicted molar refractivity (Wildman–Crippen MR) is 102 cm³/mol. The first kappa shape index (κ1) is 18.3. The molecule has 7 heteroatoms. The summed E-state index contributed by atoms with van der Waals surface area (Å²) < 4.78 is 17.7. The van der Waals surface area contributed by atoms with E-state index in [0.29, 0.717) is 35.2 Å². The zero-order valence-corrected chi connectivity index (χ0v) is 15.4. The molecule has 3 rings (SSSR count). The van der Waals surface area contributed by atoms with Gasteiger partial charge in [-0.25, -0.2) is 0 Å². The number of carbonyl (C=O) groups is 1. The van der Waals surface area contributed by atoms with Crippen molar-refractivity contribution in [2.45, 2.75) is 6.54 Å². The van der Waals surface area contributed by atoms with Crippen molar-refractivity contribution in [2.75, 3.05) is 26.6 Å². The van der Waals surface area contributed by atoms with Crippen LogP contribution < -0.4 is 19.5 Å². The van der Waals surface area contributed by atoms with Crippen LogP contribution in [0, 0.1) is 0 Å². The number of hydrogen-bond donors (Lipinski definition) is 1. The fraction of sp³-hybridized carbons (Fsp3) is 0.200. The van der Waals surface area contributed by atoms with Gasteiger partial charge in [0.05, 0.1) is 33.4 Å². The average molecular weight is 367 g/mol. The second kappa shape index (κ2) is 8.27. The van der Waals surface area contributed by atoms with Gasteiger partial charge in [-0.15, -0.1) is 0 Å². The van der Waals surface area contributed by atoms with E-state index in [1.54, 1.807) is 22.9 Å². The first-order valence-corrected chi connectivity index (χ1v) is 8.34. The summed E-state index contributed by atoms with van der Waals surface area (Å²) >= 11 is 0. The fourth-order valence-electron chi connectivity index (χ4n) is 2.75. The lowest BCUT2D eigenvalue weighted by molar-refractivity contribution is 0.102. The van der Waals surface area contributed by atoms with Crippen molar-refractivity contribution < 1.29 is 19.0 Å². The highest BCUT2D eigenvalue weighted by molar-refractivity contribution is 6.06. The molecule has 0 aliphatic heterocycles. The molecule has 0 unspecified atom stereocenters. The van der Waals surface area contributed by atoms with E-state index in [1.165, 1.54) is 21.3 Å². The summed E-state index contributed by atoms with van der Waals surface area (Å²) in [6, 6.07) is 15.0. The third-order valence-electron chi connectivity index (χ3n) is 4.02. The van der Waals surface area contributed by atoms with E-state index in [0.717, 1.165) is 5.56 Å². The van der Waals surface area contributed by atoms with Gasteiger partial charge in [-0.2, -0.15) is 5.10 Å². The van der Waals surface area contributed by atoms with Gasteiger partial charge in [0, 0.05) is 12.3 Å². The SMILES string of the molecule is COc1ccc(C(=O)Nc2ccn(Cc3ccccc3)n2)c(OC)c1OC. The molecule has 0 spiro atoms. The smallest absolute Gasteiger partial charge is 0.260 e. The summed E-state index contributed by atoms with van der Waals surface area (Å²) in [7, 11) is 4.49. The Labute approximate surface area is 157 Å². The van der Waals surface area contributed by atoms with E-state index >= 15 is 0 Å². The number of anilines is 1. The molecule has 1 N–H and O–H groups in total. The highest BCUT2D eigenvalue weighted by Crippen LogP contribution is 2.39. The summed E-state index contributed by atoms with van der Waals surface area (Å²) in [6.07, 6.45) is 1.81. The molecular formula is C20H21N3O4. The minimum absolute atomic E-state index is 0.304. The van der Waals surface area contributed by atoms with Crippen molar-refractivity contribution in [3.63, 3.8) is 0 Å². The molecule has 2 aromatic carbocycles. The Morgan fingerprint density at radius 2 is 1.70 bits per heavy atom. The third kappa shape index (κ3) is 4.03. The van der Waals surface area contributed by atoms with E-state index in [4.69, 9.17) is 14.2 Å². The molecule has 0 aliphatic carbocycles. The molecule has 27 heavy (non-hydrogen) atoms. The highest BCUT2D eigenvalue weighted by atomic mass is 16.5. The number of methoxy groups -OCH3 is 3. The summed E-state index contributed by atoms with van der Waals surface area (Å²) in [4.78, 5) is 12.7. The van der Waals surface area contributed by atoms with Crippen molar-refractivity contribution in [3.05, 3.63) is 65.9 Å². The molecule has 1 amide bonds. The number of rotatable bonds is 7. The molecule has 1 heterocycles. The van der Waals surface area contributed by atoms with Crippen LogP contribution in [-0.4, -0.2) is 37.0 Å². The van der Waals surface area contributed by atoms with Crippen LogP contribution in [0.4, 0.5) is 5.82 Å². The Hall–Kier alpha value is -3.48. The first-order valence-electron chi connectivity index (χ1n) is 8.34. The molecular weight excluding hydrogens is 346 g/mol. The minimum atomic E-state index is -0.349. The lowest BCUT2D eigenvalue weighted by Gasteiger charge is -2.15. The second-order valence-electron chi connectivity index (χ2n) is 5.72. The number of aromatic nitrogens is 2. The zero-order chi connectivity index (χ0) is 19.2. The zero-order valence-electron chi connectivity index (χ0n) is 15.4. The third-order valence-corrected chi connectivity index (χ3v) is 4.02. The van der Waals surface area contributed by atoms with E-state index in [9.17, 15) is 4.79 Å². The fourth-order valence-corrected chi connectivity index (χ4v) is 2.75. The number of benzene rings is 2. The number of carbonyl (C=O) groups excluding carboxylic acids is 1. The maximum atomic E-state index is 12.7. The van der Waals surface area contributed by atoms with E-state index in [-0.39, 0.29) is 5.91 Å². The number of hydrogen-bond acceptors (Lipinski definition) is 5. The van der Waals surface area contributed by atoms with Gasteiger partial charge in [0.15, 0.2) is 17.3 Å². The number of amides is 1. The molecule has 0 bridgehead atoms. The number of nitrogens with zero attached hydrogens (tertiary/aromatic N) is 2.